The number of nitrogen functional groups attached to an aromatic ring is 1. The highest BCUT2D eigenvalue weighted by Crippen LogP contribution is 2.30. The lowest BCUT2D eigenvalue weighted by molar-refractivity contribution is 0.0793. The molecule has 0 aliphatic carbocycles. The van der Waals surface area contributed by atoms with Gasteiger partial charge in [0.15, 0.2) is 5.76 Å². The van der Waals surface area contributed by atoms with E-state index in [2.05, 4.69) is 5.16 Å². The van der Waals surface area contributed by atoms with Crippen molar-refractivity contribution in [1.82, 2.24) is 5.16 Å². The van der Waals surface area contributed by atoms with E-state index in [0.717, 1.165) is 31.8 Å². The summed E-state index contributed by atoms with van der Waals surface area (Å²) in [5.74, 6) is 1.24. The molecule has 0 saturated carbocycles. The number of ether oxygens (including phenoxy) is 1. The van der Waals surface area contributed by atoms with E-state index in [4.69, 9.17) is 15.0 Å². The van der Waals surface area contributed by atoms with E-state index in [1.807, 2.05) is 0 Å². The van der Waals surface area contributed by atoms with Gasteiger partial charge in [0.05, 0.1) is 11.9 Å². The smallest absolute Gasteiger partial charge is 0.162 e. The second-order valence-corrected chi connectivity index (χ2v) is 3.03. The van der Waals surface area contributed by atoms with Crippen LogP contribution in [0.1, 0.15) is 24.5 Å². The molecule has 1 aliphatic rings. The maximum atomic E-state index is 5.67. The van der Waals surface area contributed by atoms with Crippen molar-refractivity contribution in [3.8, 4) is 0 Å². The van der Waals surface area contributed by atoms with Crippen LogP contribution < -0.4 is 5.73 Å². The van der Waals surface area contributed by atoms with Crippen molar-refractivity contribution < 1.29 is 9.26 Å². The summed E-state index contributed by atoms with van der Waals surface area (Å²) in [7, 11) is 0. The zero-order chi connectivity index (χ0) is 8.39. The third-order valence-corrected chi connectivity index (χ3v) is 2.22. The highest BCUT2D eigenvalue weighted by molar-refractivity contribution is 5.40. The average Bonchev–Trinajstić information content (AvgIpc) is 2.53. The Balaban J connectivity index is 2.13. The third-order valence-electron chi connectivity index (χ3n) is 2.22. The normalized spacial score (nSPS) is 19.7. The standard InChI is InChI=1S/C8H12N2O2/c9-7-5-10-12-8(7)6-1-3-11-4-2-6/h5-6H,1-4,9H2. The summed E-state index contributed by atoms with van der Waals surface area (Å²) in [5.41, 5.74) is 6.34. The molecule has 4 nitrogen and oxygen atoms in total. The van der Waals surface area contributed by atoms with Crippen LogP contribution in [0.5, 0.6) is 0 Å². The maximum absolute atomic E-state index is 5.67. The maximum Gasteiger partial charge on any atom is 0.162 e. The second-order valence-electron chi connectivity index (χ2n) is 3.03. The molecule has 1 aliphatic heterocycles. The van der Waals surface area contributed by atoms with Crippen LogP contribution in [0.25, 0.3) is 0 Å². The molecule has 66 valence electrons. The Kier molecular flexibility index (Phi) is 1.99. The van der Waals surface area contributed by atoms with E-state index < -0.39 is 0 Å². The summed E-state index contributed by atoms with van der Waals surface area (Å²) in [6.07, 6.45) is 3.53. The minimum absolute atomic E-state index is 0.404. The molecule has 12 heavy (non-hydrogen) atoms. The van der Waals surface area contributed by atoms with E-state index in [-0.39, 0.29) is 0 Å². The molecular formula is C8H12N2O2. The predicted molar refractivity (Wildman–Crippen MR) is 43.7 cm³/mol. The van der Waals surface area contributed by atoms with Crippen LogP contribution >= 0.6 is 0 Å². The SMILES string of the molecule is Nc1cnoc1C1CCOCC1. The number of nitrogens with two attached hydrogens (primary N) is 1. The zero-order valence-corrected chi connectivity index (χ0v) is 6.82. The van der Waals surface area contributed by atoms with E-state index in [9.17, 15) is 0 Å². The molecular weight excluding hydrogens is 156 g/mol. The van der Waals surface area contributed by atoms with Gasteiger partial charge in [0.25, 0.3) is 0 Å². The van der Waals surface area contributed by atoms with Crippen LogP contribution in [-0.4, -0.2) is 18.4 Å². The molecule has 0 aromatic carbocycles. The van der Waals surface area contributed by atoms with E-state index >= 15 is 0 Å². The molecule has 1 aromatic rings. The van der Waals surface area contributed by atoms with Crippen molar-refractivity contribution in [1.29, 1.82) is 0 Å². The second kappa shape index (κ2) is 3.15. The molecule has 1 aromatic heterocycles. The van der Waals surface area contributed by atoms with Gasteiger partial charge in [-0.1, -0.05) is 5.16 Å². The molecule has 0 amide bonds. The average molecular weight is 168 g/mol. The van der Waals surface area contributed by atoms with Crippen molar-refractivity contribution in [2.75, 3.05) is 18.9 Å². The van der Waals surface area contributed by atoms with E-state index in [0.29, 0.717) is 11.6 Å². The van der Waals surface area contributed by atoms with Crippen LogP contribution in [-0.2, 0) is 4.74 Å². The summed E-state index contributed by atoms with van der Waals surface area (Å²) < 4.78 is 10.3. The number of hydrogen-bond donors (Lipinski definition) is 1. The summed E-state index contributed by atoms with van der Waals surface area (Å²) in [6, 6.07) is 0. The Morgan fingerprint density at radius 1 is 1.42 bits per heavy atom. The fraction of sp³-hybridized carbons (Fsp3) is 0.625. The number of hydrogen-bond acceptors (Lipinski definition) is 4. The lowest BCUT2D eigenvalue weighted by Crippen LogP contribution is -2.14. The van der Waals surface area contributed by atoms with Crippen molar-refractivity contribution in [2.45, 2.75) is 18.8 Å². The Hall–Kier alpha value is -1.03. The van der Waals surface area contributed by atoms with E-state index in [1.54, 1.807) is 6.20 Å². The Morgan fingerprint density at radius 2 is 2.17 bits per heavy atom. The molecule has 4 heteroatoms. The van der Waals surface area contributed by atoms with Gasteiger partial charge in [0.1, 0.15) is 0 Å². The van der Waals surface area contributed by atoms with Gasteiger partial charge in [0, 0.05) is 19.1 Å². The van der Waals surface area contributed by atoms with Crippen molar-refractivity contribution in [3.63, 3.8) is 0 Å². The molecule has 0 spiro atoms. The summed E-state index contributed by atoms with van der Waals surface area (Å²) in [4.78, 5) is 0. The molecule has 2 rings (SSSR count). The van der Waals surface area contributed by atoms with Gasteiger partial charge in [-0.3, -0.25) is 0 Å². The Morgan fingerprint density at radius 3 is 2.75 bits per heavy atom. The molecule has 1 fully saturated rings. The molecule has 0 radical (unpaired) electrons. The minimum Gasteiger partial charge on any atom is -0.395 e. The molecule has 1 saturated heterocycles. The number of aromatic nitrogens is 1. The van der Waals surface area contributed by atoms with Crippen LogP contribution in [0, 0.1) is 0 Å². The van der Waals surface area contributed by atoms with Crippen LogP contribution in [0.4, 0.5) is 5.69 Å². The van der Waals surface area contributed by atoms with Crippen molar-refractivity contribution in [2.24, 2.45) is 0 Å². The zero-order valence-electron chi connectivity index (χ0n) is 6.82. The monoisotopic (exact) mass is 168 g/mol. The highest BCUT2D eigenvalue weighted by Gasteiger charge is 2.21. The lowest BCUT2D eigenvalue weighted by Gasteiger charge is -2.19. The summed E-state index contributed by atoms with van der Waals surface area (Å²) in [5, 5.41) is 3.66. The minimum atomic E-state index is 0.404. The third kappa shape index (κ3) is 1.30. The highest BCUT2D eigenvalue weighted by atomic mass is 16.5. The van der Waals surface area contributed by atoms with Crippen molar-refractivity contribution in [3.05, 3.63) is 12.0 Å². The van der Waals surface area contributed by atoms with Gasteiger partial charge in [-0.25, -0.2) is 0 Å². The lowest BCUT2D eigenvalue weighted by atomic mass is 9.97. The van der Waals surface area contributed by atoms with Gasteiger partial charge in [-0.2, -0.15) is 0 Å². The summed E-state index contributed by atoms with van der Waals surface area (Å²) in [6.45, 7) is 1.59. The van der Waals surface area contributed by atoms with Crippen LogP contribution in [0.2, 0.25) is 0 Å². The predicted octanol–water partition coefficient (Wildman–Crippen LogP) is 1.15. The van der Waals surface area contributed by atoms with E-state index in [1.165, 1.54) is 0 Å². The molecule has 2 N–H and O–H groups in total. The number of rotatable bonds is 1. The first kappa shape index (κ1) is 7.61. The largest absolute Gasteiger partial charge is 0.395 e. The van der Waals surface area contributed by atoms with Gasteiger partial charge < -0.3 is 15.0 Å². The Labute approximate surface area is 70.7 Å². The first-order valence-electron chi connectivity index (χ1n) is 4.15. The quantitative estimate of drug-likeness (QED) is 0.683. The molecule has 0 unspecified atom stereocenters. The molecule has 2 heterocycles. The summed E-state index contributed by atoms with van der Waals surface area (Å²) >= 11 is 0. The van der Waals surface area contributed by atoms with Crippen LogP contribution in [0.15, 0.2) is 10.7 Å². The molecule has 0 bridgehead atoms. The van der Waals surface area contributed by atoms with Gasteiger partial charge >= 0.3 is 0 Å². The number of nitrogens with zero attached hydrogens (tertiary/aromatic N) is 1. The van der Waals surface area contributed by atoms with Gasteiger partial charge in [-0.15, -0.1) is 0 Å². The number of anilines is 1. The molecule has 0 atom stereocenters. The van der Waals surface area contributed by atoms with Crippen LogP contribution in [0.3, 0.4) is 0 Å². The fourth-order valence-corrected chi connectivity index (χ4v) is 1.53. The first-order valence-corrected chi connectivity index (χ1v) is 4.15. The van der Waals surface area contributed by atoms with Gasteiger partial charge in [0.2, 0.25) is 0 Å². The van der Waals surface area contributed by atoms with Crippen molar-refractivity contribution >= 4 is 5.69 Å². The van der Waals surface area contributed by atoms with Gasteiger partial charge in [-0.05, 0) is 12.8 Å². The first-order chi connectivity index (χ1) is 5.88. The fourth-order valence-electron chi connectivity index (χ4n) is 1.53. The Bertz CT molecular complexity index is 253. The topological polar surface area (TPSA) is 61.3 Å².